The molecule has 3 N–H and O–H groups in total. The predicted octanol–water partition coefficient (Wildman–Crippen LogP) is 2.30. The number of hydrogen-bond acceptors (Lipinski definition) is 6. The van der Waals surface area contributed by atoms with Crippen LogP contribution in [0.5, 0.6) is 0 Å². The van der Waals surface area contributed by atoms with Gasteiger partial charge >= 0.3 is 0 Å². The van der Waals surface area contributed by atoms with E-state index in [1.54, 1.807) is 7.11 Å². The number of anilines is 2. The second-order valence-corrected chi connectivity index (χ2v) is 6.50. The largest absolute Gasteiger partial charge is 0.383 e. The summed E-state index contributed by atoms with van der Waals surface area (Å²) in [5.41, 5.74) is 9.35. The number of nitrogens with zero attached hydrogens (tertiary/aromatic N) is 3. The van der Waals surface area contributed by atoms with Gasteiger partial charge in [-0.1, -0.05) is 24.3 Å². The van der Waals surface area contributed by atoms with Crippen molar-refractivity contribution in [1.82, 2.24) is 14.9 Å². The summed E-state index contributed by atoms with van der Waals surface area (Å²) < 4.78 is 5.04. The number of benzene rings is 1. The molecule has 1 aliphatic heterocycles. The van der Waals surface area contributed by atoms with E-state index in [1.807, 2.05) is 6.07 Å². The molecule has 25 heavy (non-hydrogen) atoms. The van der Waals surface area contributed by atoms with Crippen LogP contribution < -0.4 is 11.1 Å². The predicted molar refractivity (Wildman–Crippen MR) is 101 cm³/mol. The van der Waals surface area contributed by atoms with Gasteiger partial charge in [0.1, 0.15) is 5.82 Å². The van der Waals surface area contributed by atoms with Gasteiger partial charge in [-0.3, -0.25) is 4.90 Å². The summed E-state index contributed by atoms with van der Waals surface area (Å²) >= 11 is 0. The molecular formula is C19H27N5O. The molecule has 0 radical (unpaired) electrons. The van der Waals surface area contributed by atoms with E-state index in [1.165, 1.54) is 37.1 Å². The monoisotopic (exact) mass is 341 g/mol. The molecule has 1 saturated heterocycles. The lowest BCUT2D eigenvalue weighted by Gasteiger charge is -2.14. The maximum atomic E-state index is 5.83. The highest BCUT2D eigenvalue weighted by atomic mass is 16.5. The average molecular weight is 341 g/mol. The Morgan fingerprint density at radius 3 is 2.56 bits per heavy atom. The number of aromatic nitrogens is 2. The molecule has 0 bridgehead atoms. The molecule has 0 amide bonds. The Bertz CT molecular complexity index is 668. The zero-order valence-electron chi connectivity index (χ0n) is 14.9. The molecule has 134 valence electrons. The van der Waals surface area contributed by atoms with Gasteiger partial charge in [0, 0.05) is 32.7 Å². The number of nitrogen functional groups attached to an aromatic ring is 1. The van der Waals surface area contributed by atoms with Gasteiger partial charge in [-0.05, 0) is 37.1 Å². The van der Waals surface area contributed by atoms with Crippen molar-refractivity contribution in [1.29, 1.82) is 0 Å². The van der Waals surface area contributed by atoms with E-state index >= 15 is 0 Å². The quantitative estimate of drug-likeness (QED) is 0.718. The lowest BCUT2D eigenvalue weighted by atomic mass is 10.1. The van der Waals surface area contributed by atoms with Crippen molar-refractivity contribution >= 4 is 11.8 Å². The Morgan fingerprint density at radius 1 is 1.12 bits per heavy atom. The lowest BCUT2D eigenvalue weighted by Crippen LogP contribution is -2.18. The van der Waals surface area contributed by atoms with Crippen LogP contribution in [0.2, 0.25) is 0 Å². The zero-order chi connectivity index (χ0) is 17.5. The van der Waals surface area contributed by atoms with Gasteiger partial charge in [-0.15, -0.1) is 0 Å². The lowest BCUT2D eigenvalue weighted by molar-refractivity contribution is 0.210. The molecule has 2 heterocycles. The molecule has 1 aliphatic rings. The van der Waals surface area contributed by atoms with Gasteiger partial charge in [0.05, 0.1) is 12.3 Å². The minimum atomic E-state index is 0.295. The number of rotatable bonds is 8. The van der Waals surface area contributed by atoms with Crippen LogP contribution in [0.4, 0.5) is 11.8 Å². The van der Waals surface area contributed by atoms with E-state index in [0.717, 1.165) is 24.5 Å². The summed E-state index contributed by atoms with van der Waals surface area (Å²) in [4.78, 5) is 11.1. The first-order chi connectivity index (χ1) is 12.2. The van der Waals surface area contributed by atoms with Gasteiger partial charge in [-0.25, -0.2) is 4.98 Å². The molecule has 6 heteroatoms. The van der Waals surface area contributed by atoms with E-state index in [0.29, 0.717) is 19.1 Å². The van der Waals surface area contributed by atoms with Crippen LogP contribution >= 0.6 is 0 Å². The number of likely N-dealkylation sites (tertiary alicyclic amines) is 1. The van der Waals surface area contributed by atoms with Crippen molar-refractivity contribution in [2.45, 2.75) is 25.8 Å². The normalized spacial score (nSPS) is 14.8. The summed E-state index contributed by atoms with van der Waals surface area (Å²) in [5, 5.41) is 3.20. The maximum Gasteiger partial charge on any atom is 0.222 e. The van der Waals surface area contributed by atoms with Crippen molar-refractivity contribution in [2.24, 2.45) is 0 Å². The van der Waals surface area contributed by atoms with Gasteiger partial charge in [0.2, 0.25) is 5.95 Å². The fraction of sp³-hybridized carbons (Fsp3) is 0.474. The van der Waals surface area contributed by atoms with Crippen LogP contribution in [0.15, 0.2) is 30.3 Å². The smallest absolute Gasteiger partial charge is 0.222 e. The van der Waals surface area contributed by atoms with Crippen molar-refractivity contribution < 1.29 is 4.74 Å². The minimum absolute atomic E-state index is 0.295. The van der Waals surface area contributed by atoms with Crippen LogP contribution in [0.25, 0.3) is 0 Å². The standard InChI is InChI=1S/C19H27N5O/c1-25-11-8-21-18-13-17(22-19(20)23-18)12-15-4-6-16(7-5-15)14-24-9-2-3-10-24/h4-7,13H,2-3,8-12,14H2,1H3,(H3,20,21,22,23). The molecule has 0 spiro atoms. The van der Waals surface area contributed by atoms with E-state index in [2.05, 4.69) is 44.5 Å². The molecule has 0 atom stereocenters. The second-order valence-electron chi connectivity index (χ2n) is 6.50. The molecule has 0 unspecified atom stereocenters. The molecule has 2 aromatic rings. The molecule has 6 nitrogen and oxygen atoms in total. The first-order valence-electron chi connectivity index (χ1n) is 8.89. The van der Waals surface area contributed by atoms with Gasteiger partial charge in [0.15, 0.2) is 0 Å². The number of methoxy groups -OCH3 is 1. The Hall–Kier alpha value is -2.18. The number of nitrogens with one attached hydrogen (secondary N) is 1. The molecule has 0 aliphatic carbocycles. The molecule has 3 rings (SSSR count). The van der Waals surface area contributed by atoms with Crippen molar-refractivity contribution in [2.75, 3.05) is 44.4 Å². The van der Waals surface area contributed by atoms with Crippen LogP contribution in [-0.2, 0) is 17.7 Å². The van der Waals surface area contributed by atoms with E-state index in [4.69, 9.17) is 10.5 Å². The zero-order valence-corrected chi connectivity index (χ0v) is 14.9. The van der Waals surface area contributed by atoms with Crippen LogP contribution in [0.1, 0.15) is 29.7 Å². The summed E-state index contributed by atoms with van der Waals surface area (Å²) in [6, 6.07) is 10.7. The Morgan fingerprint density at radius 2 is 1.84 bits per heavy atom. The molecule has 0 saturated carbocycles. The Balaban J connectivity index is 1.61. The highest BCUT2D eigenvalue weighted by molar-refractivity contribution is 5.41. The molecule has 1 fully saturated rings. The third-order valence-electron chi connectivity index (χ3n) is 4.42. The maximum absolute atomic E-state index is 5.83. The first kappa shape index (κ1) is 17.6. The summed E-state index contributed by atoms with van der Waals surface area (Å²) in [5.74, 6) is 1.04. The third-order valence-corrected chi connectivity index (χ3v) is 4.42. The van der Waals surface area contributed by atoms with E-state index < -0.39 is 0 Å². The highest BCUT2D eigenvalue weighted by Crippen LogP contribution is 2.16. The SMILES string of the molecule is COCCNc1cc(Cc2ccc(CN3CCCC3)cc2)nc(N)n1. The van der Waals surface area contributed by atoms with Crippen LogP contribution in [-0.4, -0.2) is 48.2 Å². The van der Waals surface area contributed by atoms with Crippen molar-refractivity contribution in [3.05, 3.63) is 47.2 Å². The fourth-order valence-electron chi connectivity index (χ4n) is 3.15. The van der Waals surface area contributed by atoms with Gasteiger partial charge < -0.3 is 15.8 Å². The molecule has 1 aromatic carbocycles. The first-order valence-corrected chi connectivity index (χ1v) is 8.89. The van der Waals surface area contributed by atoms with Gasteiger partial charge in [-0.2, -0.15) is 4.98 Å². The topological polar surface area (TPSA) is 76.3 Å². The number of nitrogens with two attached hydrogens (primary N) is 1. The van der Waals surface area contributed by atoms with Crippen molar-refractivity contribution in [3.8, 4) is 0 Å². The Kier molecular flexibility index (Phi) is 6.19. The summed E-state index contributed by atoms with van der Waals surface area (Å²) in [6.45, 7) is 4.81. The number of hydrogen-bond donors (Lipinski definition) is 2. The summed E-state index contributed by atoms with van der Waals surface area (Å²) in [6.07, 6.45) is 3.40. The number of ether oxygens (including phenoxy) is 1. The fourth-order valence-corrected chi connectivity index (χ4v) is 3.15. The van der Waals surface area contributed by atoms with E-state index in [-0.39, 0.29) is 0 Å². The van der Waals surface area contributed by atoms with Crippen LogP contribution in [0, 0.1) is 0 Å². The Labute approximate surface area is 149 Å². The minimum Gasteiger partial charge on any atom is -0.383 e. The second kappa shape index (κ2) is 8.78. The molecular weight excluding hydrogens is 314 g/mol. The highest BCUT2D eigenvalue weighted by Gasteiger charge is 2.11. The van der Waals surface area contributed by atoms with Crippen LogP contribution in [0.3, 0.4) is 0 Å². The van der Waals surface area contributed by atoms with Gasteiger partial charge in [0.25, 0.3) is 0 Å². The van der Waals surface area contributed by atoms with E-state index in [9.17, 15) is 0 Å². The average Bonchev–Trinajstić information content (AvgIpc) is 3.09. The third kappa shape index (κ3) is 5.41. The molecule has 1 aromatic heterocycles. The van der Waals surface area contributed by atoms with Crippen molar-refractivity contribution in [3.63, 3.8) is 0 Å². The summed E-state index contributed by atoms with van der Waals surface area (Å²) in [7, 11) is 1.68.